The van der Waals surface area contributed by atoms with Crippen molar-refractivity contribution in [2.45, 2.75) is 38.8 Å². The van der Waals surface area contributed by atoms with Gasteiger partial charge in [0.15, 0.2) is 15.8 Å². The molecule has 0 radical (unpaired) electrons. The monoisotopic (exact) mass is 543 g/mol. The highest BCUT2D eigenvalue weighted by Gasteiger charge is 2.29. The van der Waals surface area contributed by atoms with Crippen molar-refractivity contribution in [1.29, 1.82) is 0 Å². The van der Waals surface area contributed by atoms with Crippen molar-refractivity contribution >= 4 is 45.1 Å². The fourth-order valence-electron chi connectivity index (χ4n) is 2.92. The largest absolute Gasteiger partial charge is 0.448 e. The van der Waals surface area contributed by atoms with Crippen molar-refractivity contribution in [2.75, 3.05) is 30.5 Å². The van der Waals surface area contributed by atoms with Crippen molar-refractivity contribution in [3.8, 4) is 0 Å². The van der Waals surface area contributed by atoms with Gasteiger partial charge in [-0.25, -0.2) is 13.2 Å². The molecule has 0 aliphatic rings. The van der Waals surface area contributed by atoms with Crippen molar-refractivity contribution < 1.29 is 32.5 Å². The van der Waals surface area contributed by atoms with Crippen LogP contribution in [0.5, 0.6) is 0 Å². The Morgan fingerprint density at radius 3 is 2.24 bits per heavy atom. The number of hydrogen-bond donors (Lipinski definition) is 5. The first kappa shape index (κ1) is 31.1. The van der Waals surface area contributed by atoms with E-state index >= 15 is 0 Å². The molecule has 0 saturated heterocycles. The van der Waals surface area contributed by atoms with E-state index in [0.29, 0.717) is 6.42 Å². The Morgan fingerprint density at radius 2 is 1.73 bits per heavy atom. The van der Waals surface area contributed by atoms with Gasteiger partial charge in [0.25, 0.3) is 5.69 Å². The summed E-state index contributed by atoms with van der Waals surface area (Å²) in [6.45, 7) is 3.12. The summed E-state index contributed by atoms with van der Waals surface area (Å²) in [6.07, 6.45) is 0.458. The Morgan fingerprint density at radius 1 is 1.11 bits per heavy atom. The summed E-state index contributed by atoms with van der Waals surface area (Å²) in [5.74, 6) is -2.21. The molecule has 0 bridgehead atoms. The number of hydrogen-bond acceptors (Lipinski definition) is 9. The zero-order chi connectivity index (χ0) is 28.2. The summed E-state index contributed by atoms with van der Waals surface area (Å²) in [5, 5.41) is 18.4. The number of nitro benzene ring substituents is 1. The smallest absolute Gasteiger partial charge is 0.407 e. The number of alkyl carbamates (subject to hydrolysis) is 1. The van der Waals surface area contributed by atoms with Crippen LogP contribution < -0.4 is 27.4 Å². The van der Waals surface area contributed by atoms with Gasteiger partial charge >= 0.3 is 6.09 Å². The van der Waals surface area contributed by atoms with Gasteiger partial charge in [-0.2, -0.15) is 0 Å². The number of guanidine groups is 1. The Labute approximate surface area is 214 Å². The normalized spacial score (nSPS) is 12.6. The third-order valence-corrected chi connectivity index (χ3v) is 5.74. The maximum absolute atomic E-state index is 13.0. The standard InChI is InChI=1S/C21H33N7O8S/c1-13(2)17(27-21(31)36-11-12-37(3,34)35)19(30)26-16(5-4-10-24-20(22)23)18(29)25-14-6-8-15(9-7-14)28(32)33/h6-9,13,16-17H,4-5,10-12H2,1-3H3,(H,25,29)(H,26,30)(H,27,31)(H4,22,23,24)/t16-,17-/m0/s1. The number of sulfone groups is 1. The topological polar surface area (TPSA) is 238 Å². The van der Waals surface area contributed by atoms with Gasteiger partial charge in [0.05, 0.1) is 10.7 Å². The number of nitrogens with zero attached hydrogens (tertiary/aromatic N) is 2. The molecule has 0 spiro atoms. The maximum Gasteiger partial charge on any atom is 0.407 e. The van der Waals surface area contributed by atoms with Crippen LogP contribution in [0, 0.1) is 16.0 Å². The first-order valence-corrected chi connectivity index (χ1v) is 13.3. The molecule has 0 aromatic heterocycles. The second kappa shape index (κ2) is 14.6. The number of ether oxygens (including phenoxy) is 1. The second-order valence-electron chi connectivity index (χ2n) is 8.44. The number of nitro groups is 1. The molecule has 2 atom stereocenters. The molecule has 37 heavy (non-hydrogen) atoms. The Bertz CT molecular complexity index is 1090. The molecule has 0 heterocycles. The number of non-ortho nitro benzene ring substituents is 1. The fraction of sp³-hybridized carbons (Fsp3) is 0.524. The van der Waals surface area contributed by atoms with E-state index in [0.717, 1.165) is 6.26 Å². The van der Waals surface area contributed by atoms with Crippen LogP contribution in [0.15, 0.2) is 29.3 Å². The Balaban J connectivity index is 2.93. The van der Waals surface area contributed by atoms with E-state index in [1.807, 2.05) is 0 Å². The van der Waals surface area contributed by atoms with E-state index in [1.165, 1.54) is 24.3 Å². The van der Waals surface area contributed by atoms with Gasteiger partial charge in [-0.05, 0) is 30.9 Å². The molecule has 1 aromatic carbocycles. The number of nitrogens with one attached hydrogen (secondary N) is 3. The summed E-state index contributed by atoms with van der Waals surface area (Å²) >= 11 is 0. The van der Waals surface area contributed by atoms with Crippen molar-refractivity contribution in [1.82, 2.24) is 10.6 Å². The Kier molecular flexibility index (Phi) is 12.2. The summed E-state index contributed by atoms with van der Waals surface area (Å²) in [4.78, 5) is 52.1. The molecule has 0 fully saturated rings. The predicted octanol–water partition coefficient (Wildman–Crippen LogP) is -0.133. The van der Waals surface area contributed by atoms with Crippen LogP contribution in [0.25, 0.3) is 0 Å². The van der Waals surface area contributed by atoms with Crippen LogP contribution in [-0.4, -0.2) is 74.5 Å². The van der Waals surface area contributed by atoms with Crippen LogP contribution >= 0.6 is 0 Å². The van der Waals surface area contributed by atoms with Gasteiger partial charge in [0.1, 0.15) is 18.7 Å². The van der Waals surface area contributed by atoms with E-state index in [-0.39, 0.29) is 42.7 Å². The van der Waals surface area contributed by atoms with Gasteiger partial charge in [0.2, 0.25) is 11.8 Å². The molecule has 0 aliphatic carbocycles. The lowest BCUT2D eigenvalue weighted by atomic mass is 10.0. The van der Waals surface area contributed by atoms with Crippen molar-refractivity contribution in [2.24, 2.45) is 22.4 Å². The van der Waals surface area contributed by atoms with Crippen LogP contribution in [-0.2, 0) is 24.2 Å². The highest BCUT2D eigenvalue weighted by atomic mass is 32.2. The van der Waals surface area contributed by atoms with Gasteiger partial charge in [-0.1, -0.05) is 13.8 Å². The maximum atomic E-state index is 13.0. The molecule has 15 nitrogen and oxygen atoms in total. The molecule has 0 saturated carbocycles. The zero-order valence-electron chi connectivity index (χ0n) is 20.8. The molecule has 0 unspecified atom stereocenters. The minimum Gasteiger partial charge on any atom is -0.448 e. The van der Waals surface area contributed by atoms with E-state index < -0.39 is 50.7 Å². The highest BCUT2D eigenvalue weighted by molar-refractivity contribution is 7.90. The number of amides is 3. The summed E-state index contributed by atoms with van der Waals surface area (Å²) in [6, 6.07) is 2.96. The van der Waals surface area contributed by atoms with Crippen LogP contribution in [0.1, 0.15) is 26.7 Å². The molecule has 16 heteroatoms. The molecule has 3 amide bonds. The number of aliphatic imine (C=N–C) groups is 1. The van der Waals surface area contributed by atoms with Crippen LogP contribution in [0.2, 0.25) is 0 Å². The highest BCUT2D eigenvalue weighted by Crippen LogP contribution is 2.16. The molecule has 7 N–H and O–H groups in total. The minimum absolute atomic E-state index is 0.130. The van der Waals surface area contributed by atoms with Crippen molar-refractivity contribution in [3.05, 3.63) is 34.4 Å². The third-order valence-electron chi connectivity index (χ3n) is 4.83. The summed E-state index contributed by atoms with van der Waals surface area (Å²) < 4.78 is 27.2. The number of nitrogens with two attached hydrogens (primary N) is 2. The first-order chi connectivity index (χ1) is 17.2. The molecule has 1 rings (SSSR count). The predicted molar refractivity (Wildman–Crippen MR) is 136 cm³/mol. The van der Waals surface area contributed by atoms with Gasteiger partial charge in [-0.3, -0.25) is 24.7 Å². The van der Waals surface area contributed by atoms with E-state index in [1.54, 1.807) is 13.8 Å². The first-order valence-electron chi connectivity index (χ1n) is 11.2. The molecule has 1 aromatic rings. The third kappa shape index (κ3) is 12.5. The van der Waals surface area contributed by atoms with Crippen LogP contribution in [0.3, 0.4) is 0 Å². The van der Waals surface area contributed by atoms with Crippen molar-refractivity contribution in [3.63, 3.8) is 0 Å². The van der Waals surface area contributed by atoms with Gasteiger partial charge in [0, 0.05) is 30.6 Å². The summed E-state index contributed by atoms with van der Waals surface area (Å²) in [7, 11) is -3.34. The van der Waals surface area contributed by atoms with E-state index in [2.05, 4.69) is 20.9 Å². The van der Waals surface area contributed by atoms with E-state index in [9.17, 15) is 32.9 Å². The SMILES string of the molecule is CC(C)[C@H](NC(=O)OCCS(C)(=O)=O)C(=O)N[C@@H](CCCN=C(N)N)C(=O)Nc1ccc([N+](=O)[O-])cc1. The second-order valence-corrected chi connectivity index (χ2v) is 10.7. The molecule has 206 valence electrons. The fourth-order valence-corrected chi connectivity index (χ4v) is 3.31. The van der Waals surface area contributed by atoms with Gasteiger partial charge in [-0.15, -0.1) is 0 Å². The lowest BCUT2D eigenvalue weighted by Crippen LogP contribution is -2.54. The zero-order valence-corrected chi connectivity index (χ0v) is 21.6. The number of rotatable bonds is 14. The van der Waals surface area contributed by atoms with E-state index in [4.69, 9.17) is 16.2 Å². The number of carbonyl (C=O) groups excluding carboxylic acids is 3. The number of benzene rings is 1. The molecular formula is C21H33N7O8S. The lowest BCUT2D eigenvalue weighted by molar-refractivity contribution is -0.384. The van der Waals surface area contributed by atoms with Gasteiger partial charge < -0.3 is 32.2 Å². The molecular weight excluding hydrogens is 510 g/mol. The average molecular weight is 544 g/mol. The summed E-state index contributed by atoms with van der Waals surface area (Å²) in [5.41, 5.74) is 10.7. The molecule has 0 aliphatic heterocycles. The quantitative estimate of drug-likeness (QED) is 0.0684. The Hall–Kier alpha value is -3.95. The minimum atomic E-state index is -3.34. The lowest BCUT2D eigenvalue weighted by Gasteiger charge is -2.25. The average Bonchev–Trinajstić information content (AvgIpc) is 2.78. The number of anilines is 1. The number of carbonyl (C=O) groups is 3. The van der Waals surface area contributed by atoms with Crippen LogP contribution in [0.4, 0.5) is 16.2 Å².